The first kappa shape index (κ1) is 21.9. The maximum absolute atomic E-state index is 5.61. The van der Waals surface area contributed by atoms with E-state index in [0.717, 1.165) is 48.7 Å². The Kier molecular flexibility index (Phi) is 6.95. The first-order valence-corrected chi connectivity index (χ1v) is 11.9. The van der Waals surface area contributed by atoms with E-state index in [4.69, 9.17) is 26.6 Å². The van der Waals surface area contributed by atoms with E-state index in [-0.39, 0.29) is 0 Å². The first-order chi connectivity index (χ1) is 15.0. The van der Waals surface area contributed by atoms with Crippen molar-refractivity contribution in [2.75, 3.05) is 34.8 Å². The molecule has 2 saturated heterocycles. The summed E-state index contributed by atoms with van der Waals surface area (Å²) in [6.45, 7) is 10.2. The van der Waals surface area contributed by atoms with Crippen LogP contribution in [0.25, 0.3) is 0 Å². The molecule has 0 saturated carbocycles. The summed E-state index contributed by atoms with van der Waals surface area (Å²) in [5.74, 6) is 5.05. The van der Waals surface area contributed by atoms with Crippen molar-refractivity contribution >= 4 is 34.9 Å². The van der Waals surface area contributed by atoms with E-state index in [1.165, 1.54) is 32.1 Å². The molecule has 2 fully saturated rings. The van der Waals surface area contributed by atoms with Crippen LogP contribution in [-0.2, 0) is 6.54 Å². The Hall–Kier alpha value is -2.35. The summed E-state index contributed by atoms with van der Waals surface area (Å²) in [5.41, 5.74) is 0. The van der Waals surface area contributed by atoms with Gasteiger partial charge in [0.1, 0.15) is 23.2 Å². The molecular formula is C23H34N6OS. The second-order valence-corrected chi connectivity index (χ2v) is 9.34. The Morgan fingerprint density at radius 3 is 2.58 bits per heavy atom. The van der Waals surface area contributed by atoms with E-state index in [2.05, 4.69) is 40.3 Å². The van der Waals surface area contributed by atoms with E-state index in [9.17, 15) is 0 Å². The summed E-state index contributed by atoms with van der Waals surface area (Å²) in [5, 5.41) is 6.89. The highest BCUT2D eigenvalue weighted by molar-refractivity contribution is 7.80. The molecule has 0 amide bonds. The maximum atomic E-state index is 5.61. The van der Waals surface area contributed by atoms with Gasteiger partial charge in [-0.05, 0) is 76.2 Å². The number of thiocarbonyl (C=S) groups is 1. The minimum Gasteiger partial charge on any atom is -0.465 e. The molecule has 2 aliphatic rings. The molecule has 2 aliphatic heterocycles. The van der Waals surface area contributed by atoms with Gasteiger partial charge in [-0.1, -0.05) is 6.92 Å². The van der Waals surface area contributed by atoms with Gasteiger partial charge in [-0.25, -0.2) is 0 Å². The molecule has 8 heteroatoms. The van der Waals surface area contributed by atoms with Crippen molar-refractivity contribution in [2.24, 2.45) is 5.92 Å². The number of hydrogen-bond donors (Lipinski definition) is 2. The zero-order valence-corrected chi connectivity index (χ0v) is 19.7. The van der Waals surface area contributed by atoms with Gasteiger partial charge in [0.2, 0.25) is 5.95 Å². The van der Waals surface area contributed by atoms with E-state index in [0.29, 0.717) is 23.6 Å². The molecule has 0 bridgehead atoms. The number of nitrogens with zero attached hydrogens (tertiary/aromatic N) is 4. The predicted molar refractivity (Wildman–Crippen MR) is 130 cm³/mol. The Morgan fingerprint density at radius 2 is 1.87 bits per heavy atom. The number of nitrogens with one attached hydrogen (secondary N) is 2. The van der Waals surface area contributed by atoms with Crippen molar-refractivity contribution in [3.8, 4) is 0 Å². The fourth-order valence-corrected chi connectivity index (χ4v) is 4.52. The van der Waals surface area contributed by atoms with Gasteiger partial charge in [-0.15, -0.1) is 0 Å². The summed E-state index contributed by atoms with van der Waals surface area (Å²) in [6, 6.07) is 6.55. The summed E-state index contributed by atoms with van der Waals surface area (Å²) >= 11 is 5.51. The van der Waals surface area contributed by atoms with Crippen LogP contribution >= 0.6 is 12.2 Å². The van der Waals surface area contributed by atoms with E-state index in [1.54, 1.807) is 0 Å². The molecule has 1 atom stereocenters. The summed E-state index contributed by atoms with van der Waals surface area (Å²) in [4.78, 5) is 14.5. The third-order valence-electron chi connectivity index (χ3n) is 6.35. The predicted octanol–water partition coefficient (Wildman–Crippen LogP) is 4.48. The topological polar surface area (TPSA) is 69.5 Å². The summed E-state index contributed by atoms with van der Waals surface area (Å²) in [7, 11) is 0. The van der Waals surface area contributed by atoms with Gasteiger partial charge in [-0.2, -0.15) is 9.97 Å². The Balaban J connectivity index is 1.51. The second kappa shape index (κ2) is 9.85. The van der Waals surface area contributed by atoms with Crippen LogP contribution in [0.15, 0.2) is 22.6 Å². The monoisotopic (exact) mass is 442 g/mol. The zero-order valence-electron chi connectivity index (χ0n) is 18.9. The molecule has 1 unspecified atom stereocenters. The molecule has 0 aromatic carbocycles. The standard InChI is InChI=1S/C23H34N6OS/c1-16-9-12-28(13-10-16)20-14-21(29-11-5-4-6-17(29)2)26-22(25-20)27-23(31)24-15-19-8-7-18(3)30-19/h7-8,14,16-17H,4-6,9-13,15H2,1-3H3,(H2,24,25,26,27,31). The first-order valence-electron chi connectivity index (χ1n) is 11.5. The van der Waals surface area contributed by atoms with Crippen LogP contribution in [0.3, 0.4) is 0 Å². The smallest absolute Gasteiger partial charge is 0.232 e. The molecule has 168 valence electrons. The van der Waals surface area contributed by atoms with E-state index < -0.39 is 0 Å². The molecule has 2 aromatic rings. The van der Waals surface area contributed by atoms with Crippen LogP contribution < -0.4 is 20.4 Å². The molecule has 31 heavy (non-hydrogen) atoms. The van der Waals surface area contributed by atoms with Crippen LogP contribution in [0.1, 0.15) is 57.5 Å². The fraction of sp³-hybridized carbons (Fsp3) is 0.609. The lowest BCUT2D eigenvalue weighted by molar-refractivity contribution is 0.436. The number of aromatic nitrogens is 2. The number of hydrogen-bond acceptors (Lipinski definition) is 6. The van der Waals surface area contributed by atoms with Crippen molar-refractivity contribution in [3.63, 3.8) is 0 Å². The van der Waals surface area contributed by atoms with Crippen molar-refractivity contribution in [1.82, 2.24) is 15.3 Å². The van der Waals surface area contributed by atoms with Gasteiger partial charge in [0.25, 0.3) is 0 Å². The van der Waals surface area contributed by atoms with Gasteiger partial charge >= 0.3 is 0 Å². The van der Waals surface area contributed by atoms with Gasteiger partial charge in [0, 0.05) is 31.7 Å². The Labute approximate surface area is 190 Å². The molecule has 4 rings (SSSR count). The number of aryl methyl sites for hydroxylation is 1. The fourth-order valence-electron chi connectivity index (χ4n) is 4.36. The highest BCUT2D eigenvalue weighted by atomic mass is 32.1. The van der Waals surface area contributed by atoms with Gasteiger partial charge in [0.05, 0.1) is 6.54 Å². The lowest BCUT2D eigenvalue weighted by Crippen LogP contribution is -2.39. The van der Waals surface area contributed by atoms with E-state index >= 15 is 0 Å². The molecule has 0 radical (unpaired) electrons. The average molecular weight is 443 g/mol. The Morgan fingerprint density at radius 1 is 1.10 bits per heavy atom. The van der Waals surface area contributed by atoms with Crippen LogP contribution in [-0.4, -0.2) is 40.8 Å². The lowest BCUT2D eigenvalue weighted by Gasteiger charge is -2.36. The summed E-state index contributed by atoms with van der Waals surface area (Å²) < 4.78 is 5.61. The zero-order chi connectivity index (χ0) is 21.8. The number of piperidine rings is 2. The van der Waals surface area contributed by atoms with E-state index in [1.807, 2.05) is 19.1 Å². The van der Waals surface area contributed by atoms with Crippen LogP contribution in [0.5, 0.6) is 0 Å². The van der Waals surface area contributed by atoms with Gasteiger partial charge in [-0.3, -0.25) is 0 Å². The summed E-state index contributed by atoms with van der Waals surface area (Å²) in [6.07, 6.45) is 6.09. The molecule has 0 aliphatic carbocycles. The Bertz CT molecular complexity index is 892. The van der Waals surface area contributed by atoms with Crippen LogP contribution in [0.4, 0.5) is 17.6 Å². The van der Waals surface area contributed by atoms with Gasteiger partial charge in [0.15, 0.2) is 5.11 Å². The maximum Gasteiger partial charge on any atom is 0.232 e. The normalized spacial score (nSPS) is 20.0. The largest absolute Gasteiger partial charge is 0.465 e. The quantitative estimate of drug-likeness (QED) is 0.657. The molecular weight excluding hydrogens is 408 g/mol. The van der Waals surface area contributed by atoms with Crippen molar-refractivity contribution in [3.05, 3.63) is 29.7 Å². The molecule has 2 aromatic heterocycles. The molecule has 7 nitrogen and oxygen atoms in total. The molecule has 4 heterocycles. The van der Waals surface area contributed by atoms with Gasteiger partial charge < -0.3 is 24.9 Å². The molecule has 0 spiro atoms. The molecule has 2 N–H and O–H groups in total. The van der Waals surface area contributed by atoms with Crippen LogP contribution in [0, 0.1) is 12.8 Å². The highest BCUT2D eigenvalue weighted by Crippen LogP contribution is 2.29. The average Bonchev–Trinajstić information content (AvgIpc) is 3.18. The number of furan rings is 1. The minimum atomic E-state index is 0.484. The van der Waals surface area contributed by atoms with Crippen molar-refractivity contribution < 1.29 is 4.42 Å². The minimum absolute atomic E-state index is 0.484. The second-order valence-electron chi connectivity index (χ2n) is 8.94. The SMILES string of the molecule is Cc1ccc(CNC(=S)Nc2nc(N3CCC(C)CC3)cc(N3CCCCC3C)n2)o1. The van der Waals surface area contributed by atoms with Crippen molar-refractivity contribution in [2.45, 2.75) is 65.5 Å². The lowest BCUT2D eigenvalue weighted by atomic mass is 9.99. The number of anilines is 3. The third-order valence-corrected chi connectivity index (χ3v) is 6.59. The number of rotatable bonds is 5. The third kappa shape index (κ3) is 5.67. The van der Waals surface area contributed by atoms with Crippen molar-refractivity contribution in [1.29, 1.82) is 0 Å². The van der Waals surface area contributed by atoms with Crippen LogP contribution in [0.2, 0.25) is 0 Å². The highest BCUT2D eigenvalue weighted by Gasteiger charge is 2.24.